The van der Waals surface area contributed by atoms with Crippen LogP contribution in [0.1, 0.15) is 41.5 Å². The van der Waals surface area contributed by atoms with Crippen LogP contribution in [-0.4, -0.2) is 13.2 Å². The summed E-state index contributed by atoms with van der Waals surface area (Å²) in [5.41, 5.74) is 11.3. The van der Waals surface area contributed by atoms with Crippen LogP contribution in [0.2, 0.25) is 0 Å². The van der Waals surface area contributed by atoms with Gasteiger partial charge in [-0.1, -0.05) is 37.3 Å². The second-order valence-electron chi connectivity index (χ2n) is 5.98. The molecule has 0 aliphatic rings. The highest BCUT2D eigenvalue weighted by atomic mass is 16.5. The molecule has 2 N–H and O–H groups in total. The Kier molecular flexibility index (Phi) is 6.02. The third-order valence-corrected chi connectivity index (χ3v) is 4.14. The van der Waals surface area contributed by atoms with Gasteiger partial charge < -0.3 is 10.5 Å². The maximum Gasteiger partial charge on any atom is 0.119 e. The lowest BCUT2D eigenvalue weighted by atomic mass is 9.90. The van der Waals surface area contributed by atoms with Gasteiger partial charge in [0.25, 0.3) is 0 Å². The van der Waals surface area contributed by atoms with Gasteiger partial charge >= 0.3 is 0 Å². The topological polar surface area (TPSA) is 35.2 Å². The maximum atomic E-state index is 6.03. The average Bonchev–Trinajstić information content (AvgIpc) is 2.54. The van der Waals surface area contributed by atoms with Crippen molar-refractivity contribution in [2.45, 2.75) is 39.5 Å². The first kappa shape index (κ1) is 16.6. The molecule has 0 bridgehead atoms. The minimum Gasteiger partial charge on any atom is -0.494 e. The number of hydrogen-bond acceptors (Lipinski definition) is 2. The number of benzene rings is 2. The largest absolute Gasteiger partial charge is 0.494 e. The molecule has 2 heteroatoms. The fourth-order valence-electron chi connectivity index (χ4n) is 2.62. The van der Waals surface area contributed by atoms with Crippen molar-refractivity contribution in [3.8, 4) is 5.75 Å². The molecule has 0 heterocycles. The molecule has 0 aromatic heterocycles. The number of aryl methyl sites for hydroxylation is 2. The molecule has 1 atom stereocenters. The fraction of sp³-hybridized carbons (Fsp3) is 0.400. The Morgan fingerprint density at radius 1 is 1.05 bits per heavy atom. The zero-order chi connectivity index (χ0) is 15.9. The van der Waals surface area contributed by atoms with Gasteiger partial charge in [-0.2, -0.15) is 0 Å². The predicted molar refractivity (Wildman–Crippen MR) is 93.6 cm³/mol. The SMILES string of the molecule is CCCOc1cccc(CC(CN)c2ccc(C)c(C)c2)c1. The van der Waals surface area contributed by atoms with Crippen LogP contribution in [0, 0.1) is 13.8 Å². The van der Waals surface area contributed by atoms with E-state index in [0.29, 0.717) is 12.5 Å². The standard InChI is InChI=1S/C20H27NO/c1-4-10-22-20-7-5-6-17(13-20)12-19(14-21)18-9-8-15(2)16(3)11-18/h5-9,11,13,19H,4,10,12,14,21H2,1-3H3. The Labute approximate surface area is 134 Å². The van der Waals surface area contributed by atoms with E-state index >= 15 is 0 Å². The van der Waals surface area contributed by atoms with Gasteiger partial charge in [0, 0.05) is 5.92 Å². The monoisotopic (exact) mass is 297 g/mol. The van der Waals surface area contributed by atoms with Crippen LogP contribution in [0.4, 0.5) is 0 Å². The van der Waals surface area contributed by atoms with Crippen LogP contribution in [0.3, 0.4) is 0 Å². The Morgan fingerprint density at radius 3 is 2.55 bits per heavy atom. The van der Waals surface area contributed by atoms with E-state index in [9.17, 15) is 0 Å². The third-order valence-electron chi connectivity index (χ3n) is 4.14. The predicted octanol–water partition coefficient (Wildman–Crippen LogP) is 4.38. The van der Waals surface area contributed by atoms with Gasteiger partial charge in [0.05, 0.1) is 6.61 Å². The number of ether oxygens (including phenoxy) is 1. The maximum absolute atomic E-state index is 6.03. The molecule has 0 aliphatic heterocycles. The van der Waals surface area contributed by atoms with Gasteiger partial charge in [0.1, 0.15) is 5.75 Å². The van der Waals surface area contributed by atoms with Crippen molar-refractivity contribution >= 4 is 0 Å². The quantitative estimate of drug-likeness (QED) is 0.823. The van der Waals surface area contributed by atoms with E-state index in [1.54, 1.807) is 0 Å². The van der Waals surface area contributed by atoms with Crippen LogP contribution in [0.15, 0.2) is 42.5 Å². The number of nitrogens with two attached hydrogens (primary N) is 1. The van der Waals surface area contributed by atoms with E-state index in [4.69, 9.17) is 10.5 Å². The molecule has 2 rings (SSSR count). The van der Waals surface area contributed by atoms with E-state index in [2.05, 4.69) is 57.2 Å². The summed E-state index contributed by atoms with van der Waals surface area (Å²) in [7, 11) is 0. The number of rotatable bonds is 7. The minimum absolute atomic E-state index is 0.348. The average molecular weight is 297 g/mol. The summed E-state index contributed by atoms with van der Waals surface area (Å²) in [5, 5.41) is 0. The lowest BCUT2D eigenvalue weighted by Crippen LogP contribution is -2.15. The molecule has 118 valence electrons. The molecule has 0 aliphatic carbocycles. The normalized spacial score (nSPS) is 12.2. The van der Waals surface area contributed by atoms with E-state index in [1.165, 1.54) is 22.3 Å². The van der Waals surface area contributed by atoms with E-state index in [1.807, 2.05) is 6.07 Å². The molecule has 0 radical (unpaired) electrons. The van der Waals surface area contributed by atoms with Gasteiger partial charge in [-0.05, 0) is 67.6 Å². The van der Waals surface area contributed by atoms with Gasteiger partial charge in [-0.15, -0.1) is 0 Å². The first-order chi connectivity index (χ1) is 10.6. The molecule has 0 spiro atoms. The summed E-state index contributed by atoms with van der Waals surface area (Å²) in [6, 6.07) is 15.0. The van der Waals surface area contributed by atoms with Crippen molar-refractivity contribution in [3.63, 3.8) is 0 Å². The Morgan fingerprint density at radius 2 is 1.86 bits per heavy atom. The minimum atomic E-state index is 0.348. The Hall–Kier alpha value is -1.80. The van der Waals surface area contributed by atoms with Crippen LogP contribution < -0.4 is 10.5 Å². The molecule has 22 heavy (non-hydrogen) atoms. The van der Waals surface area contributed by atoms with Gasteiger partial charge in [-0.3, -0.25) is 0 Å². The Bertz CT molecular complexity index is 606. The second-order valence-corrected chi connectivity index (χ2v) is 5.98. The molecule has 0 fully saturated rings. The van der Waals surface area contributed by atoms with Crippen LogP contribution >= 0.6 is 0 Å². The third kappa shape index (κ3) is 4.35. The van der Waals surface area contributed by atoms with Crippen LogP contribution in [0.5, 0.6) is 5.75 Å². The smallest absolute Gasteiger partial charge is 0.119 e. The van der Waals surface area contributed by atoms with Gasteiger partial charge in [0.2, 0.25) is 0 Å². The van der Waals surface area contributed by atoms with E-state index in [-0.39, 0.29) is 0 Å². The summed E-state index contributed by atoms with van der Waals surface area (Å²) in [4.78, 5) is 0. The van der Waals surface area contributed by atoms with E-state index in [0.717, 1.165) is 25.2 Å². The molecular weight excluding hydrogens is 270 g/mol. The van der Waals surface area contributed by atoms with Crippen molar-refractivity contribution in [3.05, 3.63) is 64.7 Å². The molecule has 0 amide bonds. The summed E-state index contributed by atoms with van der Waals surface area (Å²) >= 11 is 0. The molecular formula is C20H27NO. The fourth-order valence-corrected chi connectivity index (χ4v) is 2.62. The molecule has 1 unspecified atom stereocenters. The Balaban J connectivity index is 2.14. The van der Waals surface area contributed by atoms with Gasteiger partial charge in [-0.25, -0.2) is 0 Å². The highest BCUT2D eigenvalue weighted by molar-refractivity contribution is 5.35. The highest BCUT2D eigenvalue weighted by Crippen LogP contribution is 2.24. The van der Waals surface area contributed by atoms with Crippen LogP contribution in [-0.2, 0) is 6.42 Å². The lowest BCUT2D eigenvalue weighted by Gasteiger charge is -2.17. The van der Waals surface area contributed by atoms with Crippen molar-refractivity contribution in [1.29, 1.82) is 0 Å². The second kappa shape index (κ2) is 8.00. The first-order valence-corrected chi connectivity index (χ1v) is 8.13. The van der Waals surface area contributed by atoms with E-state index < -0.39 is 0 Å². The molecule has 0 saturated heterocycles. The first-order valence-electron chi connectivity index (χ1n) is 8.13. The highest BCUT2D eigenvalue weighted by Gasteiger charge is 2.12. The molecule has 0 saturated carbocycles. The van der Waals surface area contributed by atoms with Crippen molar-refractivity contribution in [1.82, 2.24) is 0 Å². The zero-order valence-electron chi connectivity index (χ0n) is 13.9. The molecule has 2 aromatic rings. The van der Waals surface area contributed by atoms with Crippen molar-refractivity contribution in [2.24, 2.45) is 5.73 Å². The van der Waals surface area contributed by atoms with Crippen LogP contribution in [0.25, 0.3) is 0 Å². The molecule has 2 nitrogen and oxygen atoms in total. The summed E-state index contributed by atoms with van der Waals surface area (Å²) in [6.07, 6.45) is 1.97. The summed E-state index contributed by atoms with van der Waals surface area (Å²) in [6.45, 7) is 7.84. The molecule has 2 aromatic carbocycles. The lowest BCUT2D eigenvalue weighted by molar-refractivity contribution is 0.317. The zero-order valence-corrected chi connectivity index (χ0v) is 13.9. The summed E-state index contributed by atoms with van der Waals surface area (Å²) < 4.78 is 5.72. The van der Waals surface area contributed by atoms with Gasteiger partial charge in [0.15, 0.2) is 0 Å². The van der Waals surface area contributed by atoms with Crippen molar-refractivity contribution < 1.29 is 4.74 Å². The summed E-state index contributed by atoms with van der Waals surface area (Å²) in [5.74, 6) is 1.30. The number of hydrogen-bond donors (Lipinski definition) is 1. The van der Waals surface area contributed by atoms with Crippen molar-refractivity contribution in [2.75, 3.05) is 13.2 Å².